The molecule has 3 N–H and O–H groups in total. The lowest BCUT2D eigenvalue weighted by molar-refractivity contribution is -0.400. The summed E-state index contributed by atoms with van der Waals surface area (Å²) >= 11 is 5.46. The molecule has 23 heavy (non-hydrogen) atoms. The van der Waals surface area contributed by atoms with Gasteiger partial charge >= 0.3 is 12.3 Å². The van der Waals surface area contributed by atoms with Crippen LogP contribution >= 0.6 is 11.6 Å². The molecule has 0 aliphatic heterocycles. The van der Waals surface area contributed by atoms with Crippen molar-refractivity contribution < 1.29 is 45.4 Å². The van der Waals surface area contributed by atoms with E-state index >= 15 is 0 Å². The predicted molar refractivity (Wildman–Crippen MR) is 68.7 cm³/mol. The molecule has 0 unspecified atom stereocenters. The molecule has 1 aromatic carbocycles. The maximum Gasteiger partial charge on any atom is 0.482 e. The third-order valence-electron chi connectivity index (χ3n) is 2.11. The third kappa shape index (κ3) is 8.42. The van der Waals surface area contributed by atoms with Gasteiger partial charge in [0, 0.05) is 11.4 Å². The maximum absolute atomic E-state index is 11.9. The molecule has 1 rings (SSSR count). The Bertz CT molecular complexity index is 577. The van der Waals surface area contributed by atoms with Gasteiger partial charge in [-0.05, 0) is 24.3 Å². The molecule has 0 aliphatic carbocycles. The molecule has 12 heteroatoms. The zero-order valence-corrected chi connectivity index (χ0v) is 13.0. The molecule has 0 saturated carbocycles. The molecular formula is C11H13ClF5NO4S. The van der Waals surface area contributed by atoms with Crippen molar-refractivity contribution in [3.8, 4) is 0 Å². The van der Waals surface area contributed by atoms with Crippen LogP contribution in [0.4, 0.5) is 22.0 Å². The van der Waals surface area contributed by atoms with Crippen molar-refractivity contribution in [3.05, 3.63) is 29.3 Å². The monoisotopic (exact) mass is 385 g/mol. The van der Waals surface area contributed by atoms with Gasteiger partial charge in [0.25, 0.3) is 0 Å². The van der Waals surface area contributed by atoms with Crippen molar-refractivity contribution in [2.24, 2.45) is 0 Å². The smallest absolute Gasteiger partial charge is 0.482 e. The summed E-state index contributed by atoms with van der Waals surface area (Å²) in [6.07, 6.45) is -10.6. The van der Waals surface area contributed by atoms with Crippen molar-refractivity contribution >= 4 is 21.7 Å². The Morgan fingerprint density at radius 1 is 1.13 bits per heavy atom. The lowest BCUT2D eigenvalue weighted by Crippen LogP contribution is -2.51. The summed E-state index contributed by atoms with van der Waals surface area (Å²) in [5.41, 5.74) is 3.26. The molecule has 0 heterocycles. The molecule has 5 nitrogen and oxygen atoms in total. The van der Waals surface area contributed by atoms with Crippen LogP contribution in [0.5, 0.6) is 0 Å². The predicted octanol–water partition coefficient (Wildman–Crippen LogP) is 2.03. The Balaban J connectivity index is 0.000000422. The SMILES string of the molecule is O=S(=O)([O-])c1ccc(Cl)cc1.[NH3+]CCCOC(F)(F)C(F)(F)F. The van der Waals surface area contributed by atoms with E-state index in [0.717, 1.165) is 0 Å². The van der Waals surface area contributed by atoms with Gasteiger partial charge in [0.1, 0.15) is 10.1 Å². The quantitative estimate of drug-likeness (QED) is 0.476. The first-order valence-electron chi connectivity index (χ1n) is 5.90. The standard InChI is InChI=1S/C6H5ClO3S.C5H8F5NO/c7-5-1-3-6(4-2-5)11(8,9)10;6-4(7,8)5(9,10)12-3-1-2-11/h1-4H,(H,8,9,10);1-3,11H2. The molecule has 0 aliphatic rings. The molecule has 0 spiro atoms. The molecule has 0 saturated heterocycles. The van der Waals surface area contributed by atoms with Crippen LogP contribution < -0.4 is 5.73 Å². The van der Waals surface area contributed by atoms with Crippen LogP contribution in [0, 0.1) is 0 Å². The molecule has 0 radical (unpaired) electrons. The maximum atomic E-state index is 11.9. The number of benzene rings is 1. The van der Waals surface area contributed by atoms with E-state index in [1.54, 1.807) is 0 Å². The van der Waals surface area contributed by atoms with Crippen LogP contribution in [-0.2, 0) is 14.9 Å². The zero-order valence-electron chi connectivity index (χ0n) is 11.4. The molecular weight excluding hydrogens is 373 g/mol. The normalized spacial score (nSPS) is 12.5. The largest absolute Gasteiger partial charge is 0.744 e. The Kier molecular flexibility index (Phi) is 8.35. The summed E-state index contributed by atoms with van der Waals surface area (Å²) < 4.78 is 92.3. The van der Waals surface area contributed by atoms with Crippen LogP contribution in [0.25, 0.3) is 0 Å². The number of hydrogen-bond donors (Lipinski definition) is 1. The Labute approximate surface area is 133 Å². The molecule has 134 valence electrons. The minimum absolute atomic E-state index is 0.0751. The average Bonchev–Trinajstić information content (AvgIpc) is 2.37. The fourth-order valence-corrected chi connectivity index (χ4v) is 1.58. The van der Waals surface area contributed by atoms with Crippen LogP contribution in [0.1, 0.15) is 6.42 Å². The molecule has 0 amide bonds. The summed E-state index contributed by atoms with van der Waals surface area (Å²) in [5, 5.41) is 0.400. The summed E-state index contributed by atoms with van der Waals surface area (Å²) in [5.74, 6) is 0. The Morgan fingerprint density at radius 2 is 1.61 bits per heavy atom. The van der Waals surface area contributed by atoms with Gasteiger partial charge in [-0.15, -0.1) is 0 Å². The van der Waals surface area contributed by atoms with Crippen LogP contribution in [-0.4, -0.2) is 38.4 Å². The van der Waals surface area contributed by atoms with E-state index in [4.69, 9.17) is 11.6 Å². The van der Waals surface area contributed by atoms with Crippen molar-refractivity contribution in [2.75, 3.05) is 13.2 Å². The molecule has 1 aromatic rings. The zero-order chi connectivity index (χ0) is 18.3. The van der Waals surface area contributed by atoms with E-state index in [0.29, 0.717) is 5.02 Å². The number of hydrogen-bond acceptors (Lipinski definition) is 4. The summed E-state index contributed by atoms with van der Waals surface area (Å²) in [7, 11) is -4.33. The minimum atomic E-state index is -5.63. The molecule has 0 aromatic heterocycles. The van der Waals surface area contributed by atoms with Gasteiger partial charge in [-0.3, -0.25) is 0 Å². The Morgan fingerprint density at radius 3 is 1.96 bits per heavy atom. The highest BCUT2D eigenvalue weighted by molar-refractivity contribution is 7.85. The number of rotatable bonds is 5. The van der Waals surface area contributed by atoms with E-state index in [-0.39, 0.29) is 17.9 Å². The van der Waals surface area contributed by atoms with E-state index in [1.165, 1.54) is 24.3 Å². The second-order valence-corrected chi connectivity index (χ2v) is 5.79. The van der Waals surface area contributed by atoms with Crippen molar-refractivity contribution in [3.63, 3.8) is 0 Å². The topological polar surface area (TPSA) is 94.1 Å². The van der Waals surface area contributed by atoms with Crippen LogP contribution in [0.15, 0.2) is 29.2 Å². The second kappa shape index (κ2) is 8.73. The van der Waals surface area contributed by atoms with Gasteiger partial charge in [-0.2, -0.15) is 22.0 Å². The van der Waals surface area contributed by atoms with Crippen molar-refractivity contribution in [2.45, 2.75) is 23.6 Å². The van der Waals surface area contributed by atoms with E-state index in [9.17, 15) is 34.9 Å². The van der Waals surface area contributed by atoms with Crippen LogP contribution in [0.3, 0.4) is 0 Å². The number of ether oxygens (including phenoxy) is 1. The highest BCUT2D eigenvalue weighted by atomic mass is 35.5. The van der Waals surface area contributed by atoms with Gasteiger partial charge in [-0.1, -0.05) is 11.6 Å². The highest BCUT2D eigenvalue weighted by Crippen LogP contribution is 2.36. The van der Waals surface area contributed by atoms with Crippen molar-refractivity contribution in [1.82, 2.24) is 0 Å². The second-order valence-electron chi connectivity index (χ2n) is 3.98. The lowest BCUT2D eigenvalue weighted by Gasteiger charge is -2.18. The first kappa shape index (κ1) is 22.0. The molecule has 0 fully saturated rings. The van der Waals surface area contributed by atoms with Gasteiger partial charge < -0.3 is 15.0 Å². The van der Waals surface area contributed by atoms with Crippen LogP contribution in [0.2, 0.25) is 5.02 Å². The number of quaternary nitrogens is 1. The Hall–Kier alpha value is -1.01. The minimum Gasteiger partial charge on any atom is -0.744 e. The van der Waals surface area contributed by atoms with E-state index in [1.807, 2.05) is 0 Å². The fraction of sp³-hybridized carbons (Fsp3) is 0.455. The van der Waals surface area contributed by atoms with Gasteiger partial charge in [0.15, 0.2) is 0 Å². The lowest BCUT2D eigenvalue weighted by atomic mass is 10.4. The molecule has 0 atom stereocenters. The van der Waals surface area contributed by atoms with Crippen molar-refractivity contribution in [1.29, 1.82) is 0 Å². The summed E-state index contributed by atoms with van der Waals surface area (Å²) in [6.45, 7) is -0.385. The van der Waals surface area contributed by atoms with Gasteiger partial charge in [-0.25, -0.2) is 8.42 Å². The van der Waals surface area contributed by atoms with Gasteiger partial charge in [0.2, 0.25) is 0 Å². The number of alkyl halides is 5. The summed E-state index contributed by atoms with van der Waals surface area (Å²) in [4.78, 5) is -0.262. The fourth-order valence-electron chi connectivity index (χ4n) is 0.986. The first-order valence-corrected chi connectivity index (χ1v) is 7.69. The summed E-state index contributed by atoms with van der Waals surface area (Å²) in [6, 6.07) is 5.05. The first-order chi connectivity index (χ1) is 10.3. The highest BCUT2D eigenvalue weighted by Gasteiger charge is 2.59. The molecule has 0 bridgehead atoms. The third-order valence-corrected chi connectivity index (χ3v) is 3.21. The van der Waals surface area contributed by atoms with Gasteiger partial charge in [0.05, 0.1) is 18.0 Å². The average molecular weight is 386 g/mol. The number of halogens is 6. The van der Waals surface area contributed by atoms with E-state index in [2.05, 4.69) is 10.5 Å². The van der Waals surface area contributed by atoms with E-state index < -0.39 is 29.0 Å².